The van der Waals surface area contributed by atoms with E-state index in [4.69, 9.17) is 0 Å². The van der Waals surface area contributed by atoms with Crippen LogP contribution in [-0.4, -0.2) is 58.2 Å². The molecule has 1 aliphatic rings. The van der Waals surface area contributed by atoms with Gasteiger partial charge in [-0.2, -0.15) is 0 Å². The van der Waals surface area contributed by atoms with Crippen LogP contribution in [0.3, 0.4) is 0 Å². The molecular weight excluding hydrogens is 451 g/mol. The lowest BCUT2D eigenvalue weighted by Crippen LogP contribution is -2.40. The summed E-state index contributed by atoms with van der Waals surface area (Å²) >= 11 is 0. The van der Waals surface area contributed by atoms with Gasteiger partial charge in [0.15, 0.2) is 5.96 Å². The van der Waals surface area contributed by atoms with Gasteiger partial charge in [-0.05, 0) is 31.1 Å². The van der Waals surface area contributed by atoms with Gasteiger partial charge < -0.3 is 10.6 Å². The molecule has 2 atom stereocenters. The Morgan fingerprint density at radius 2 is 1.92 bits per heavy atom. The van der Waals surface area contributed by atoms with E-state index in [-0.39, 0.29) is 24.0 Å². The lowest BCUT2D eigenvalue weighted by molar-refractivity contribution is 0.270. The Labute approximate surface area is 171 Å². The molecule has 6 nitrogen and oxygen atoms in total. The maximum absolute atomic E-state index is 11.5. The van der Waals surface area contributed by atoms with E-state index < -0.39 is 10.0 Å². The fourth-order valence-electron chi connectivity index (χ4n) is 3.46. The third-order valence-corrected chi connectivity index (χ3v) is 6.19. The summed E-state index contributed by atoms with van der Waals surface area (Å²) in [6, 6.07) is 0. The van der Waals surface area contributed by atoms with E-state index in [0.717, 1.165) is 30.8 Å². The van der Waals surface area contributed by atoms with E-state index in [2.05, 4.69) is 22.5 Å². The second-order valence-corrected chi connectivity index (χ2v) is 8.94. The first-order chi connectivity index (χ1) is 11.4. The molecular formula is C17H37IN4O2S. The van der Waals surface area contributed by atoms with Gasteiger partial charge in [-0.25, -0.2) is 12.7 Å². The van der Waals surface area contributed by atoms with E-state index in [1.54, 1.807) is 7.05 Å². The van der Waals surface area contributed by atoms with Gasteiger partial charge in [-0.1, -0.05) is 33.1 Å². The molecule has 0 aromatic rings. The Balaban J connectivity index is 0.00000576. The van der Waals surface area contributed by atoms with Crippen LogP contribution in [0.25, 0.3) is 0 Å². The molecule has 0 bridgehead atoms. The fraction of sp³-hybridized carbons (Fsp3) is 0.941. The van der Waals surface area contributed by atoms with E-state index >= 15 is 0 Å². The van der Waals surface area contributed by atoms with Crippen LogP contribution in [0, 0.1) is 11.8 Å². The van der Waals surface area contributed by atoms with Crippen LogP contribution in [0.4, 0.5) is 0 Å². The standard InChI is InChI=1S/C17H36N4O2S.HI/c1-5-21(24(4,22)23)13-7-11-19-17(18-3)20-12-10-16-9-6-8-15(2)14-16;/h15-16H,5-14H2,1-4H3,(H2,18,19,20);1H. The molecule has 8 heteroatoms. The van der Waals surface area contributed by atoms with Crippen molar-refractivity contribution in [2.45, 2.75) is 52.4 Å². The number of sulfonamides is 1. The van der Waals surface area contributed by atoms with E-state index in [0.29, 0.717) is 19.6 Å². The van der Waals surface area contributed by atoms with Crippen LogP contribution in [0.5, 0.6) is 0 Å². The van der Waals surface area contributed by atoms with Crippen molar-refractivity contribution < 1.29 is 8.42 Å². The van der Waals surface area contributed by atoms with Gasteiger partial charge in [0.05, 0.1) is 6.26 Å². The highest BCUT2D eigenvalue weighted by atomic mass is 127. The average molecular weight is 488 g/mol. The zero-order chi connectivity index (χ0) is 18.0. The molecule has 2 N–H and O–H groups in total. The van der Waals surface area contributed by atoms with Gasteiger partial charge in [0.1, 0.15) is 0 Å². The third-order valence-electron chi connectivity index (χ3n) is 4.81. The second kappa shape index (κ2) is 13.1. The van der Waals surface area contributed by atoms with Gasteiger partial charge in [-0.3, -0.25) is 4.99 Å². The molecule has 0 heterocycles. The summed E-state index contributed by atoms with van der Waals surface area (Å²) in [6.45, 7) is 6.94. The third kappa shape index (κ3) is 10.6. The molecule has 1 fully saturated rings. The number of halogens is 1. The molecule has 150 valence electrons. The molecule has 1 aliphatic carbocycles. The Morgan fingerprint density at radius 3 is 2.48 bits per heavy atom. The monoisotopic (exact) mass is 488 g/mol. The Hall–Kier alpha value is -0.0900. The molecule has 0 spiro atoms. The average Bonchev–Trinajstić information content (AvgIpc) is 2.52. The van der Waals surface area contributed by atoms with Crippen LogP contribution in [0.1, 0.15) is 52.4 Å². The molecule has 1 saturated carbocycles. The first kappa shape index (κ1) is 24.9. The normalized spacial score (nSPS) is 21.7. The van der Waals surface area contributed by atoms with Crippen molar-refractivity contribution in [1.82, 2.24) is 14.9 Å². The summed E-state index contributed by atoms with van der Waals surface area (Å²) in [5, 5.41) is 6.64. The SMILES string of the molecule is CCN(CCCNC(=NC)NCCC1CCCC(C)C1)S(C)(=O)=O.I. The highest BCUT2D eigenvalue weighted by Gasteiger charge is 2.18. The Morgan fingerprint density at radius 1 is 1.24 bits per heavy atom. The van der Waals surface area contributed by atoms with Crippen LogP contribution in [0.2, 0.25) is 0 Å². The number of rotatable bonds is 9. The van der Waals surface area contributed by atoms with Crippen molar-refractivity contribution in [2.75, 3.05) is 39.5 Å². The number of nitrogens with one attached hydrogen (secondary N) is 2. The summed E-state index contributed by atoms with van der Waals surface area (Å²) < 4.78 is 24.6. The summed E-state index contributed by atoms with van der Waals surface area (Å²) in [4.78, 5) is 4.23. The van der Waals surface area contributed by atoms with Crippen molar-refractivity contribution in [3.63, 3.8) is 0 Å². The molecule has 0 amide bonds. The molecule has 0 aromatic heterocycles. The van der Waals surface area contributed by atoms with E-state index in [1.807, 2.05) is 6.92 Å². The van der Waals surface area contributed by atoms with Crippen molar-refractivity contribution >= 4 is 40.0 Å². The molecule has 0 aromatic carbocycles. The minimum absolute atomic E-state index is 0. The van der Waals surface area contributed by atoms with E-state index in [9.17, 15) is 8.42 Å². The summed E-state index contributed by atoms with van der Waals surface area (Å²) in [5.41, 5.74) is 0. The topological polar surface area (TPSA) is 73.8 Å². The highest BCUT2D eigenvalue weighted by Crippen LogP contribution is 2.30. The maximum Gasteiger partial charge on any atom is 0.211 e. The van der Waals surface area contributed by atoms with Gasteiger partial charge >= 0.3 is 0 Å². The Kier molecular flexibility index (Phi) is 13.1. The van der Waals surface area contributed by atoms with Gasteiger partial charge in [0.2, 0.25) is 10.0 Å². The number of aliphatic imine (C=N–C) groups is 1. The van der Waals surface area contributed by atoms with Gasteiger partial charge in [-0.15, -0.1) is 24.0 Å². The summed E-state index contributed by atoms with van der Waals surface area (Å²) in [5.74, 6) is 2.52. The lowest BCUT2D eigenvalue weighted by Gasteiger charge is -2.26. The van der Waals surface area contributed by atoms with Crippen molar-refractivity contribution in [3.8, 4) is 0 Å². The minimum Gasteiger partial charge on any atom is -0.356 e. The predicted molar refractivity (Wildman–Crippen MR) is 117 cm³/mol. The maximum atomic E-state index is 11.5. The number of nitrogens with zero attached hydrogens (tertiary/aromatic N) is 2. The van der Waals surface area contributed by atoms with Crippen molar-refractivity contribution in [1.29, 1.82) is 0 Å². The van der Waals surface area contributed by atoms with Crippen LogP contribution in [-0.2, 0) is 10.0 Å². The first-order valence-corrected chi connectivity index (χ1v) is 11.1. The van der Waals surface area contributed by atoms with Crippen LogP contribution in [0.15, 0.2) is 4.99 Å². The number of hydrogen-bond donors (Lipinski definition) is 2. The molecule has 2 unspecified atom stereocenters. The van der Waals surface area contributed by atoms with Crippen molar-refractivity contribution in [2.24, 2.45) is 16.8 Å². The molecule has 1 rings (SSSR count). The molecule has 25 heavy (non-hydrogen) atoms. The summed E-state index contributed by atoms with van der Waals surface area (Å²) in [6.07, 6.45) is 8.69. The van der Waals surface area contributed by atoms with Gasteiger partial charge in [0, 0.05) is 33.2 Å². The molecule has 0 aliphatic heterocycles. The zero-order valence-electron chi connectivity index (χ0n) is 16.3. The van der Waals surface area contributed by atoms with Crippen molar-refractivity contribution in [3.05, 3.63) is 0 Å². The zero-order valence-corrected chi connectivity index (χ0v) is 19.4. The smallest absolute Gasteiger partial charge is 0.211 e. The minimum atomic E-state index is -3.09. The van der Waals surface area contributed by atoms with Crippen LogP contribution >= 0.6 is 24.0 Å². The quantitative estimate of drug-likeness (QED) is 0.227. The Bertz CT molecular complexity index is 485. The summed E-state index contributed by atoms with van der Waals surface area (Å²) in [7, 11) is -1.32. The first-order valence-electron chi connectivity index (χ1n) is 9.26. The molecule has 0 saturated heterocycles. The number of hydrogen-bond acceptors (Lipinski definition) is 3. The second-order valence-electron chi connectivity index (χ2n) is 6.96. The molecule has 0 radical (unpaired) electrons. The van der Waals surface area contributed by atoms with Crippen LogP contribution < -0.4 is 10.6 Å². The predicted octanol–water partition coefficient (Wildman–Crippen LogP) is 2.66. The largest absolute Gasteiger partial charge is 0.356 e. The highest BCUT2D eigenvalue weighted by molar-refractivity contribution is 14.0. The van der Waals surface area contributed by atoms with Gasteiger partial charge in [0.25, 0.3) is 0 Å². The van der Waals surface area contributed by atoms with E-state index in [1.165, 1.54) is 42.7 Å². The fourth-order valence-corrected chi connectivity index (χ4v) is 4.39. The number of guanidine groups is 1. The lowest BCUT2D eigenvalue weighted by atomic mass is 9.81.